The Bertz CT molecular complexity index is 1980. The summed E-state index contributed by atoms with van der Waals surface area (Å²) in [5.74, 6) is -0.529. The number of aryl methyl sites for hydroxylation is 3. The average Bonchev–Trinajstić information content (AvgIpc) is 3.58. The van der Waals surface area contributed by atoms with Crippen LogP contribution in [0.5, 0.6) is 0 Å². The number of para-hydroxylation sites is 2. The first kappa shape index (κ1) is 46.2. The van der Waals surface area contributed by atoms with Crippen LogP contribution in [0.15, 0.2) is 65.8 Å². The Hall–Kier alpha value is -4.33. The molecule has 1 aromatic heterocycles. The highest BCUT2D eigenvalue weighted by Crippen LogP contribution is 2.40. The van der Waals surface area contributed by atoms with Crippen molar-refractivity contribution in [2.24, 2.45) is 15.9 Å². The molecule has 8 heteroatoms. The van der Waals surface area contributed by atoms with Gasteiger partial charge in [-0.3, -0.25) is 14.6 Å². The number of carbonyl (C=O) groups excluding carboxylic acids is 2. The molecule has 2 atom stereocenters. The van der Waals surface area contributed by atoms with Crippen LogP contribution in [0.2, 0.25) is 0 Å². The molecule has 2 aliphatic heterocycles. The number of rotatable bonds is 25. The molecule has 3 aromatic carbocycles. The van der Waals surface area contributed by atoms with Crippen LogP contribution in [0, 0.1) is 10.8 Å². The van der Waals surface area contributed by atoms with Crippen molar-refractivity contribution in [1.82, 2.24) is 9.58 Å². The van der Waals surface area contributed by atoms with Gasteiger partial charge in [-0.2, -0.15) is 5.10 Å². The van der Waals surface area contributed by atoms with Gasteiger partial charge in [-0.1, -0.05) is 102 Å². The summed E-state index contributed by atoms with van der Waals surface area (Å²) in [6, 6.07) is 21.9. The lowest BCUT2D eigenvalue weighted by Crippen LogP contribution is -2.42. The molecule has 0 saturated carbocycles. The summed E-state index contributed by atoms with van der Waals surface area (Å²) in [7, 11) is 1.92. The zero-order valence-corrected chi connectivity index (χ0v) is 38.6. The molecule has 2 aliphatic rings. The Balaban J connectivity index is 1.00. The molecule has 0 fully saturated rings. The minimum Gasteiger partial charge on any atom is -0.465 e. The first-order valence-corrected chi connectivity index (χ1v) is 24.1. The summed E-state index contributed by atoms with van der Waals surface area (Å²) in [4.78, 5) is 30.4. The number of hydrogen-bond acceptors (Lipinski definition) is 7. The van der Waals surface area contributed by atoms with Crippen LogP contribution in [0.1, 0.15) is 160 Å². The van der Waals surface area contributed by atoms with Crippen LogP contribution < -0.4 is 4.90 Å². The molecule has 332 valence electrons. The standard InChI is InChI=1S/C53H76N4O4/c1-7-9-10-11-12-13-14-17-32-48(55(6)54-39-41-37-42-26-24-33-56-34-25-27-43(38-41)49(42)56)61-50(58)52(3,4)40-53(5,8-2)51(59)60-36-23-16-15-22-35-57-46-30-20-18-28-44(46)45-29-19-21-31-47(45)57/h18-21,28-31,37-39,48H,7-17,22-27,32-36,40H2,1-6H3/b54-39-. The SMILES string of the molecule is CCCCCCCCCCC(OC(=O)C(C)(C)CC(C)(CC)C(=O)OCCCCCCn1c2ccccc2c2ccccc21)N(C)/N=C\c1cc2c3c(c1)CCCN3CCC2. The average molecular weight is 833 g/mol. The molecule has 8 nitrogen and oxygen atoms in total. The number of carbonyl (C=O) groups is 2. The number of hydrogen-bond donors (Lipinski definition) is 0. The molecule has 0 aliphatic carbocycles. The molecule has 0 N–H and O–H groups in total. The van der Waals surface area contributed by atoms with Crippen LogP contribution in [-0.2, 0) is 38.4 Å². The van der Waals surface area contributed by atoms with E-state index in [1.54, 1.807) is 0 Å². The summed E-state index contributed by atoms with van der Waals surface area (Å²) in [5.41, 5.74) is 6.29. The number of fused-ring (bicyclic) bond motifs is 3. The van der Waals surface area contributed by atoms with Gasteiger partial charge in [-0.05, 0) is 126 Å². The van der Waals surface area contributed by atoms with Crippen molar-refractivity contribution < 1.29 is 19.1 Å². The smallest absolute Gasteiger partial charge is 0.313 e. The predicted molar refractivity (Wildman–Crippen MR) is 253 cm³/mol. The molecule has 61 heavy (non-hydrogen) atoms. The van der Waals surface area contributed by atoms with E-state index in [9.17, 15) is 9.59 Å². The Morgan fingerprint density at radius 2 is 1.34 bits per heavy atom. The summed E-state index contributed by atoms with van der Waals surface area (Å²) < 4.78 is 14.7. The van der Waals surface area contributed by atoms with Gasteiger partial charge in [0.1, 0.15) is 0 Å². The van der Waals surface area contributed by atoms with E-state index in [4.69, 9.17) is 14.6 Å². The van der Waals surface area contributed by atoms with Crippen molar-refractivity contribution >= 4 is 45.6 Å². The molecule has 3 heterocycles. The molecule has 0 spiro atoms. The van der Waals surface area contributed by atoms with Crippen molar-refractivity contribution in [3.63, 3.8) is 0 Å². The first-order chi connectivity index (χ1) is 29.5. The van der Waals surface area contributed by atoms with Crippen molar-refractivity contribution in [3.8, 4) is 0 Å². The predicted octanol–water partition coefficient (Wildman–Crippen LogP) is 12.8. The Morgan fingerprint density at radius 3 is 1.97 bits per heavy atom. The lowest BCUT2D eigenvalue weighted by atomic mass is 9.72. The van der Waals surface area contributed by atoms with E-state index in [1.807, 2.05) is 46.0 Å². The molecule has 0 radical (unpaired) electrons. The molecule has 6 rings (SSSR count). The third kappa shape index (κ3) is 12.0. The van der Waals surface area contributed by atoms with Crippen molar-refractivity contribution in [1.29, 1.82) is 0 Å². The molecular weight excluding hydrogens is 757 g/mol. The van der Waals surface area contributed by atoms with Crippen LogP contribution in [0.3, 0.4) is 0 Å². The van der Waals surface area contributed by atoms with Gasteiger partial charge in [0.15, 0.2) is 6.23 Å². The number of aromatic nitrogens is 1. The highest BCUT2D eigenvalue weighted by atomic mass is 16.6. The minimum atomic E-state index is -0.897. The van der Waals surface area contributed by atoms with Crippen molar-refractivity contribution in [2.45, 2.75) is 169 Å². The number of nitrogens with zero attached hydrogens (tertiary/aromatic N) is 4. The van der Waals surface area contributed by atoms with Crippen molar-refractivity contribution in [3.05, 3.63) is 77.4 Å². The third-order valence-electron chi connectivity index (χ3n) is 13.6. The van der Waals surface area contributed by atoms with Gasteiger partial charge < -0.3 is 18.9 Å². The fraction of sp³-hybridized carbons (Fsp3) is 0.604. The maximum absolute atomic E-state index is 14.1. The molecule has 4 aromatic rings. The second kappa shape index (κ2) is 22.2. The van der Waals surface area contributed by atoms with E-state index in [-0.39, 0.29) is 11.9 Å². The van der Waals surface area contributed by atoms with E-state index >= 15 is 0 Å². The van der Waals surface area contributed by atoms with Gasteiger partial charge >= 0.3 is 11.9 Å². The minimum absolute atomic E-state index is 0.231. The van der Waals surface area contributed by atoms with Crippen molar-refractivity contribution in [2.75, 3.05) is 31.6 Å². The number of hydrazone groups is 1. The van der Waals surface area contributed by atoms with Gasteiger partial charge in [-0.15, -0.1) is 0 Å². The number of unbranched alkanes of at least 4 members (excludes halogenated alkanes) is 10. The molecule has 0 amide bonds. The zero-order valence-electron chi connectivity index (χ0n) is 38.6. The number of esters is 2. The summed E-state index contributed by atoms with van der Waals surface area (Å²) in [6.07, 6.45) is 21.3. The first-order valence-electron chi connectivity index (χ1n) is 24.1. The van der Waals surface area contributed by atoms with Gasteiger partial charge in [0.25, 0.3) is 0 Å². The van der Waals surface area contributed by atoms with Gasteiger partial charge in [0.2, 0.25) is 0 Å². The second-order valence-corrected chi connectivity index (χ2v) is 19.0. The monoisotopic (exact) mass is 833 g/mol. The van der Waals surface area contributed by atoms with E-state index in [1.165, 1.54) is 90.0 Å². The fourth-order valence-corrected chi connectivity index (χ4v) is 9.89. The summed E-state index contributed by atoms with van der Waals surface area (Å²) in [5, 5.41) is 9.34. The van der Waals surface area contributed by atoms with E-state index in [0.29, 0.717) is 25.9 Å². The second-order valence-electron chi connectivity index (χ2n) is 19.0. The summed E-state index contributed by atoms with van der Waals surface area (Å²) >= 11 is 0. The number of anilines is 1. The molecule has 0 saturated heterocycles. The lowest BCUT2D eigenvalue weighted by molar-refractivity contribution is -0.174. The summed E-state index contributed by atoms with van der Waals surface area (Å²) in [6.45, 7) is 13.7. The molecule has 2 unspecified atom stereocenters. The van der Waals surface area contributed by atoms with Crippen LogP contribution in [0.4, 0.5) is 5.69 Å². The maximum Gasteiger partial charge on any atom is 0.313 e. The Kier molecular flexibility index (Phi) is 16.8. The highest BCUT2D eigenvalue weighted by Gasteiger charge is 2.43. The van der Waals surface area contributed by atoms with Crippen LogP contribution >= 0.6 is 0 Å². The van der Waals surface area contributed by atoms with E-state index in [2.05, 4.69) is 77.1 Å². The molecular formula is C53H76N4O4. The fourth-order valence-electron chi connectivity index (χ4n) is 9.89. The maximum atomic E-state index is 14.1. The topological polar surface area (TPSA) is 76.4 Å². The van der Waals surface area contributed by atoms with Crippen LogP contribution in [-0.4, -0.2) is 60.7 Å². The lowest BCUT2D eigenvalue weighted by Gasteiger charge is -2.37. The normalized spacial score (nSPS) is 15.5. The largest absolute Gasteiger partial charge is 0.465 e. The van der Waals surface area contributed by atoms with E-state index < -0.39 is 17.1 Å². The van der Waals surface area contributed by atoms with E-state index in [0.717, 1.165) is 76.6 Å². The number of benzene rings is 3. The van der Waals surface area contributed by atoms with Crippen LogP contribution in [0.25, 0.3) is 21.8 Å². The van der Waals surface area contributed by atoms with Gasteiger partial charge in [0, 0.05) is 60.6 Å². The zero-order chi connectivity index (χ0) is 43.2. The Labute approximate surface area is 367 Å². The third-order valence-corrected chi connectivity index (χ3v) is 13.6. The molecule has 0 bridgehead atoms. The highest BCUT2D eigenvalue weighted by molar-refractivity contribution is 6.07. The van der Waals surface area contributed by atoms with Gasteiger partial charge in [0.05, 0.1) is 23.7 Å². The Morgan fingerprint density at radius 1 is 0.770 bits per heavy atom. The quantitative estimate of drug-likeness (QED) is 0.0218. The van der Waals surface area contributed by atoms with Gasteiger partial charge in [-0.25, -0.2) is 0 Å². The number of ether oxygens (including phenoxy) is 2.